The number of anilines is 3. The van der Waals surface area contributed by atoms with Gasteiger partial charge in [-0.15, -0.1) is 0 Å². The molecule has 1 heteroatoms. The molecular weight excluding hydrogens is 807 g/mol. The molecular formula is C66H51N. The van der Waals surface area contributed by atoms with E-state index in [1.165, 1.54) is 127 Å². The highest BCUT2D eigenvalue weighted by Crippen LogP contribution is 2.59. The van der Waals surface area contributed by atoms with Crippen LogP contribution in [0.3, 0.4) is 0 Å². The average molecular weight is 858 g/mol. The van der Waals surface area contributed by atoms with Crippen LogP contribution in [0.4, 0.5) is 17.1 Å². The molecule has 2 aliphatic carbocycles. The van der Waals surface area contributed by atoms with Gasteiger partial charge >= 0.3 is 0 Å². The SMILES string of the molecule is Cc1ccccc1-c1ccc(N(c2ccc(-c3ccccc3)cc2)c2cc3c(c4ccccc24)-c2cc4c(cc2C3(C)C)-c2cc3c5ccccc5c5ccccc5c3cc2C4(C)C)cc1C. The third-order valence-corrected chi connectivity index (χ3v) is 15.7. The Morgan fingerprint density at radius 2 is 0.776 bits per heavy atom. The van der Waals surface area contributed by atoms with Crippen LogP contribution in [-0.2, 0) is 10.8 Å². The number of nitrogens with zero attached hydrogens (tertiary/aromatic N) is 1. The molecule has 0 heterocycles. The molecule has 0 spiro atoms. The van der Waals surface area contributed by atoms with E-state index < -0.39 is 0 Å². The predicted octanol–water partition coefficient (Wildman–Crippen LogP) is 18.3. The number of hydrogen-bond acceptors (Lipinski definition) is 1. The summed E-state index contributed by atoms with van der Waals surface area (Å²) in [5.41, 5.74) is 21.6. The summed E-state index contributed by atoms with van der Waals surface area (Å²) >= 11 is 0. The molecule has 11 aromatic rings. The molecule has 0 N–H and O–H groups in total. The van der Waals surface area contributed by atoms with Crippen molar-refractivity contribution in [2.24, 2.45) is 0 Å². The lowest BCUT2D eigenvalue weighted by Crippen LogP contribution is -2.18. The summed E-state index contributed by atoms with van der Waals surface area (Å²) in [6, 6.07) is 75.4. The van der Waals surface area contributed by atoms with E-state index in [1.54, 1.807) is 0 Å². The van der Waals surface area contributed by atoms with E-state index in [-0.39, 0.29) is 10.8 Å². The van der Waals surface area contributed by atoms with E-state index in [4.69, 9.17) is 0 Å². The Kier molecular flexibility index (Phi) is 8.50. The van der Waals surface area contributed by atoms with Gasteiger partial charge in [-0.3, -0.25) is 0 Å². The third-order valence-electron chi connectivity index (χ3n) is 15.7. The van der Waals surface area contributed by atoms with Gasteiger partial charge in [-0.25, -0.2) is 0 Å². The Hall–Kier alpha value is -7.74. The van der Waals surface area contributed by atoms with Crippen molar-refractivity contribution in [2.45, 2.75) is 52.4 Å². The first-order valence-corrected chi connectivity index (χ1v) is 23.8. The second-order valence-electron chi connectivity index (χ2n) is 20.2. The zero-order valence-corrected chi connectivity index (χ0v) is 39.0. The first-order chi connectivity index (χ1) is 32.6. The lowest BCUT2D eigenvalue weighted by Gasteiger charge is -2.30. The zero-order chi connectivity index (χ0) is 45.3. The Balaban J connectivity index is 1.01. The second-order valence-corrected chi connectivity index (χ2v) is 20.2. The standard InChI is InChI=1S/C66H51N/c1-40-18-10-11-21-46(40)47-33-32-45(34-41(47)2)67(44-30-28-43(29-31-44)42-19-8-7-9-20-42)63-39-62-64(53-27-17-16-26-52(53)63)58-38-60-57(37-61(58)66(62,5)6)56-35-54-50-24-14-12-22-48(50)49-23-13-15-25-51(49)55(54)36-59(56)65(60,3)4/h7-39H,1-6H3. The van der Waals surface area contributed by atoms with Crippen molar-refractivity contribution in [1.29, 1.82) is 0 Å². The molecule has 0 aliphatic heterocycles. The maximum atomic E-state index is 2.58. The summed E-state index contributed by atoms with van der Waals surface area (Å²) in [7, 11) is 0. The Morgan fingerprint density at radius 3 is 1.45 bits per heavy atom. The van der Waals surface area contributed by atoms with Crippen molar-refractivity contribution >= 4 is 60.2 Å². The molecule has 11 aromatic carbocycles. The Bertz CT molecular complexity index is 3870. The molecule has 320 valence electrons. The van der Waals surface area contributed by atoms with Crippen LogP contribution < -0.4 is 4.90 Å². The topological polar surface area (TPSA) is 3.24 Å². The molecule has 0 unspecified atom stereocenters. The molecule has 0 atom stereocenters. The molecule has 0 radical (unpaired) electrons. The fourth-order valence-corrected chi connectivity index (χ4v) is 12.2. The highest BCUT2D eigenvalue weighted by Gasteiger charge is 2.43. The van der Waals surface area contributed by atoms with Crippen LogP contribution in [-0.4, -0.2) is 0 Å². The molecule has 13 rings (SSSR count). The molecule has 0 aromatic heterocycles. The summed E-state index contributed by atoms with van der Waals surface area (Å²) < 4.78 is 0. The van der Waals surface area contributed by atoms with E-state index in [9.17, 15) is 0 Å². The van der Waals surface area contributed by atoms with Gasteiger partial charge in [0.05, 0.1) is 5.69 Å². The molecule has 0 fully saturated rings. The average Bonchev–Trinajstić information content (AvgIpc) is 3.72. The minimum absolute atomic E-state index is 0.186. The highest BCUT2D eigenvalue weighted by atomic mass is 15.1. The van der Waals surface area contributed by atoms with Gasteiger partial charge in [-0.05, 0) is 184 Å². The molecule has 1 nitrogen and oxygen atoms in total. The van der Waals surface area contributed by atoms with Crippen molar-refractivity contribution in [3.63, 3.8) is 0 Å². The van der Waals surface area contributed by atoms with E-state index >= 15 is 0 Å². The maximum absolute atomic E-state index is 2.58. The summed E-state index contributed by atoms with van der Waals surface area (Å²) in [6.45, 7) is 14.2. The summed E-state index contributed by atoms with van der Waals surface area (Å²) in [4.78, 5) is 2.50. The smallest absolute Gasteiger partial charge is 0.0543 e. The van der Waals surface area contributed by atoms with Crippen molar-refractivity contribution in [3.05, 3.63) is 234 Å². The highest BCUT2D eigenvalue weighted by molar-refractivity contribution is 6.26. The quantitative estimate of drug-likeness (QED) is 0.156. The first-order valence-electron chi connectivity index (χ1n) is 23.8. The molecule has 0 bridgehead atoms. The van der Waals surface area contributed by atoms with E-state index in [1.807, 2.05) is 0 Å². The first kappa shape index (κ1) is 39.6. The summed E-state index contributed by atoms with van der Waals surface area (Å²) in [6.07, 6.45) is 0. The molecule has 2 aliphatic rings. The van der Waals surface area contributed by atoms with E-state index in [0.717, 1.165) is 11.4 Å². The van der Waals surface area contributed by atoms with Gasteiger partial charge in [0, 0.05) is 27.6 Å². The summed E-state index contributed by atoms with van der Waals surface area (Å²) in [5, 5.41) is 10.5. The second kappa shape index (κ2) is 14.4. The van der Waals surface area contributed by atoms with Crippen LogP contribution in [0.25, 0.3) is 87.6 Å². The number of aryl methyl sites for hydroxylation is 2. The van der Waals surface area contributed by atoms with Gasteiger partial charge in [0.15, 0.2) is 0 Å². The van der Waals surface area contributed by atoms with Crippen LogP contribution in [0, 0.1) is 13.8 Å². The monoisotopic (exact) mass is 857 g/mol. The Labute approximate surface area is 393 Å². The molecule has 0 saturated carbocycles. The fraction of sp³-hybridized carbons (Fsp3) is 0.121. The Morgan fingerprint density at radius 1 is 0.299 bits per heavy atom. The van der Waals surface area contributed by atoms with Crippen LogP contribution in [0.5, 0.6) is 0 Å². The predicted molar refractivity (Wildman–Crippen MR) is 287 cm³/mol. The van der Waals surface area contributed by atoms with E-state index in [2.05, 4.69) is 247 Å². The van der Waals surface area contributed by atoms with Crippen molar-refractivity contribution in [2.75, 3.05) is 4.90 Å². The minimum Gasteiger partial charge on any atom is -0.310 e. The van der Waals surface area contributed by atoms with Crippen LogP contribution in [0.1, 0.15) is 61.1 Å². The molecule has 67 heavy (non-hydrogen) atoms. The summed E-state index contributed by atoms with van der Waals surface area (Å²) in [5.74, 6) is 0. The zero-order valence-electron chi connectivity index (χ0n) is 39.0. The lowest BCUT2D eigenvalue weighted by atomic mass is 9.79. The van der Waals surface area contributed by atoms with Gasteiger partial charge in [-0.2, -0.15) is 0 Å². The van der Waals surface area contributed by atoms with Crippen molar-refractivity contribution in [3.8, 4) is 44.5 Å². The van der Waals surface area contributed by atoms with Gasteiger partial charge in [0.2, 0.25) is 0 Å². The normalized spacial score (nSPS) is 14.1. The van der Waals surface area contributed by atoms with Crippen molar-refractivity contribution < 1.29 is 0 Å². The van der Waals surface area contributed by atoms with Crippen LogP contribution in [0.2, 0.25) is 0 Å². The number of hydrogen-bond donors (Lipinski definition) is 0. The largest absolute Gasteiger partial charge is 0.310 e. The van der Waals surface area contributed by atoms with Gasteiger partial charge in [0.25, 0.3) is 0 Å². The van der Waals surface area contributed by atoms with Crippen molar-refractivity contribution in [1.82, 2.24) is 0 Å². The number of fused-ring (bicyclic) bond motifs is 14. The van der Waals surface area contributed by atoms with Gasteiger partial charge in [0.1, 0.15) is 0 Å². The minimum atomic E-state index is -0.265. The maximum Gasteiger partial charge on any atom is 0.0543 e. The van der Waals surface area contributed by atoms with E-state index in [0.29, 0.717) is 0 Å². The number of rotatable bonds is 5. The lowest BCUT2D eigenvalue weighted by molar-refractivity contribution is 0.652. The van der Waals surface area contributed by atoms with Crippen LogP contribution >= 0.6 is 0 Å². The van der Waals surface area contributed by atoms with Gasteiger partial charge < -0.3 is 4.90 Å². The molecule has 0 saturated heterocycles. The van der Waals surface area contributed by atoms with Gasteiger partial charge in [-0.1, -0.05) is 173 Å². The number of benzene rings is 11. The molecule has 0 amide bonds. The third kappa shape index (κ3) is 5.74. The fourth-order valence-electron chi connectivity index (χ4n) is 12.2. The van der Waals surface area contributed by atoms with Crippen LogP contribution in [0.15, 0.2) is 200 Å².